The molecule has 88 valence electrons. The number of urea groups is 1. The zero-order valence-corrected chi connectivity index (χ0v) is 9.92. The number of aromatic nitrogens is 2. The summed E-state index contributed by atoms with van der Waals surface area (Å²) >= 11 is 1.32. The van der Waals surface area contributed by atoms with Crippen LogP contribution in [0, 0.1) is 5.92 Å². The topological polar surface area (TPSA) is 66.9 Å². The molecule has 1 saturated carbocycles. The number of nitrogens with zero attached hydrogens (tertiary/aromatic N) is 2. The van der Waals surface area contributed by atoms with E-state index in [0.29, 0.717) is 11.0 Å². The van der Waals surface area contributed by atoms with Gasteiger partial charge in [-0.3, -0.25) is 5.32 Å². The van der Waals surface area contributed by atoms with Crippen LogP contribution in [0.4, 0.5) is 9.93 Å². The lowest BCUT2D eigenvalue weighted by Gasteiger charge is -2.21. The van der Waals surface area contributed by atoms with Gasteiger partial charge in [-0.05, 0) is 18.8 Å². The van der Waals surface area contributed by atoms with Crippen molar-refractivity contribution in [2.45, 2.75) is 32.1 Å². The maximum atomic E-state index is 11.5. The highest BCUT2D eigenvalue weighted by molar-refractivity contribution is 7.13. The van der Waals surface area contributed by atoms with Gasteiger partial charge in [0.2, 0.25) is 5.13 Å². The van der Waals surface area contributed by atoms with Crippen LogP contribution >= 0.6 is 11.3 Å². The first-order chi connectivity index (χ1) is 7.84. The molecule has 2 rings (SSSR count). The van der Waals surface area contributed by atoms with E-state index in [1.807, 2.05) is 0 Å². The third-order valence-corrected chi connectivity index (χ3v) is 3.46. The summed E-state index contributed by atoms with van der Waals surface area (Å²) in [5.74, 6) is 0.647. The van der Waals surface area contributed by atoms with Crippen LogP contribution in [0.5, 0.6) is 0 Å². The minimum absolute atomic E-state index is 0.178. The summed E-state index contributed by atoms with van der Waals surface area (Å²) in [7, 11) is 0. The highest BCUT2D eigenvalue weighted by Gasteiger charge is 2.14. The molecule has 0 saturated heterocycles. The summed E-state index contributed by atoms with van der Waals surface area (Å²) in [5, 5.41) is 13.5. The molecular weight excluding hydrogens is 224 g/mol. The van der Waals surface area contributed by atoms with E-state index >= 15 is 0 Å². The molecule has 0 aliphatic heterocycles. The van der Waals surface area contributed by atoms with Gasteiger partial charge < -0.3 is 5.32 Å². The van der Waals surface area contributed by atoms with Gasteiger partial charge >= 0.3 is 6.03 Å². The first-order valence-electron chi connectivity index (χ1n) is 5.65. The van der Waals surface area contributed by atoms with Gasteiger partial charge in [-0.1, -0.05) is 30.6 Å². The molecule has 1 aromatic rings. The molecule has 6 heteroatoms. The number of hydrogen-bond acceptors (Lipinski definition) is 4. The Morgan fingerprint density at radius 1 is 1.44 bits per heavy atom. The summed E-state index contributed by atoms with van der Waals surface area (Å²) in [5.41, 5.74) is 1.59. The molecule has 5 nitrogen and oxygen atoms in total. The minimum atomic E-state index is -0.178. The van der Waals surface area contributed by atoms with E-state index in [2.05, 4.69) is 20.8 Å². The number of anilines is 1. The first-order valence-corrected chi connectivity index (χ1v) is 6.53. The average Bonchev–Trinajstić information content (AvgIpc) is 2.81. The minimum Gasteiger partial charge on any atom is -0.338 e. The lowest BCUT2D eigenvalue weighted by atomic mass is 9.89. The van der Waals surface area contributed by atoms with E-state index in [4.69, 9.17) is 0 Å². The summed E-state index contributed by atoms with van der Waals surface area (Å²) in [4.78, 5) is 11.5. The van der Waals surface area contributed by atoms with Crippen molar-refractivity contribution in [1.29, 1.82) is 0 Å². The molecule has 0 atom stereocenters. The van der Waals surface area contributed by atoms with Gasteiger partial charge in [0.15, 0.2) is 0 Å². The Kier molecular flexibility index (Phi) is 4.10. The van der Waals surface area contributed by atoms with Crippen molar-refractivity contribution in [3.8, 4) is 0 Å². The first kappa shape index (κ1) is 11.3. The second kappa shape index (κ2) is 5.79. The molecular formula is C10H16N4OS. The summed E-state index contributed by atoms with van der Waals surface area (Å²) in [6.45, 7) is 0.768. The molecule has 1 heterocycles. The molecule has 0 bridgehead atoms. The number of nitrogens with one attached hydrogen (secondary N) is 2. The molecule has 2 N–H and O–H groups in total. The maximum absolute atomic E-state index is 11.5. The van der Waals surface area contributed by atoms with Crippen LogP contribution in [0.2, 0.25) is 0 Å². The van der Waals surface area contributed by atoms with Crippen LogP contribution in [-0.4, -0.2) is 22.8 Å². The Morgan fingerprint density at radius 2 is 2.25 bits per heavy atom. The lowest BCUT2D eigenvalue weighted by Crippen LogP contribution is -2.33. The smallest absolute Gasteiger partial charge is 0.321 e. The van der Waals surface area contributed by atoms with Crippen molar-refractivity contribution in [2.75, 3.05) is 11.9 Å². The predicted octanol–water partition coefficient (Wildman–Crippen LogP) is 2.24. The lowest BCUT2D eigenvalue weighted by molar-refractivity contribution is 0.247. The van der Waals surface area contributed by atoms with Gasteiger partial charge in [0.1, 0.15) is 5.51 Å². The largest absolute Gasteiger partial charge is 0.338 e. The fourth-order valence-electron chi connectivity index (χ4n) is 2.00. The molecule has 0 aromatic carbocycles. The quantitative estimate of drug-likeness (QED) is 0.851. The Hall–Kier alpha value is -1.17. The third-order valence-electron chi connectivity index (χ3n) is 2.86. The van der Waals surface area contributed by atoms with Crippen LogP contribution in [0.1, 0.15) is 32.1 Å². The highest BCUT2D eigenvalue weighted by atomic mass is 32.1. The second-order valence-corrected chi connectivity index (χ2v) is 4.92. The van der Waals surface area contributed by atoms with Crippen LogP contribution in [0.3, 0.4) is 0 Å². The third kappa shape index (κ3) is 3.44. The number of rotatable bonds is 3. The van der Waals surface area contributed by atoms with E-state index in [0.717, 1.165) is 6.54 Å². The molecule has 2 amide bonds. The van der Waals surface area contributed by atoms with E-state index < -0.39 is 0 Å². The van der Waals surface area contributed by atoms with Crippen LogP contribution in [-0.2, 0) is 0 Å². The Morgan fingerprint density at radius 3 is 2.94 bits per heavy atom. The molecule has 16 heavy (non-hydrogen) atoms. The van der Waals surface area contributed by atoms with Crippen molar-refractivity contribution in [1.82, 2.24) is 15.5 Å². The van der Waals surface area contributed by atoms with Gasteiger partial charge in [0.25, 0.3) is 0 Å². The number of amides is 2. The number of carbonyl (C=O) groups is 1. The van der Waals surface area contributed by atoms with Gasteiger partial charge in [0, 0.05) is 6.54 Å². The molecule has 1 aliphatic rings. The molecule has 0 unspecified atom stereocenters. The van der Waals surface area contributed by atoms with Crippen LogP contribution in [0.15, 0.2) is 5.51 Å². The average molecular weight is 240 g/mol. The van der Waals surface area contributed by atoms with E-state index in [9.17, 15) is 4.79 Å². The normalized spacial score (nSPS) is 17.0. The SMILES string of the molecule is O=C(NCC1CCCCC1)Nc1nncs1. The zero-order valence-electron chi connectivity index (χ0n) is 9.11. The summed E-state index contributed by atoms with van der Waals surface area (Å²) < 4.78 is 0. The van der Waals surface area contributed by atoms with Crippen LogP contribution in [0.25, 0.3) is 0 Å². The molecule has 0 radical (unpaired) electrons. The van der Waals surface area contributed by atoms with Crippen molar-refractivity contribution in [3.63, 3.8) is 0 Å². The van der Waals surface area contributed by atoms with Crippen molar-refractivity contribution in [2.24, 2.45) is 5.92 Å². The van der Waals surface area contributed by atoms with Gasteiger partial charge in [-0.25, -0.2) is 4.79 Å². The molecule has 1 aromatic heterocycles. The number of carbonyl (C=O) groups excluding carboxylic acids is 1. The van der Waals surface area contributed by atoms with Gasteiger partial charge in [0.05, 0.1) is 0 Å². The fraction of sp³-hybridized carbons (Fsp3) is 0.700. The van der Waals surface area contributed by atoms with Crippen molar-refractivity contribution < 1.29 is 4.79 Å². The van der Waals surface area contributed by atoms with Crippen molar-refractivity contribution >= 4 is 22.5 Å². The van der Waals surface area contributed by atoms with E-state index in [1.165, 1.54) is 43.4 Å². The molecule has 1 fully saturated rings. The maximum Gasteiger partial charge on any atom is 0.321 e. The van der Waals surface area contributed by atoms with E-state index in [1.54, 1.807) is 5.51 Å². The summed E-state index contributed by atoms with van der Waals surface area (Å²) in [6, 6.07) is -0.178. The van der Waals surface area contributed by atoms with Gasteiger partial charge in [-0.2, -0.15) is 0 Å². The highest BCUT2D eigenvalue weighted by Crippen LogP contribution is 2.22. The second-order valence-electron chi connectivity index (χ2n) is 4.08. The standard InChI is InChI=1S/C10H16N4OS/c15-9(13-10-14-12-7-16-10)11-6-8-4-2-1-3-5-8/h7-8H,1-6H2,(H2,11,13,14,15). The monoisotopic (exact) mass is 240 g/mol. The Bertz CT molecular complexity index is 322. The van der Waals surface area contributed by atoms with Crippen LogP contribution < -0.4 is 10.6 Å². The predicted molar refractivity (Wildman–Crippen MR) is 63.5 cm³/mol. The molecule has 0 spiro atoms. The fourth-order valence-corrected chi connectivity index (χ4v) is 2.44. The summed E-state index contributed by atoms with van der Waals surface area (Å²) in [6.07, 6.45) is 6.40. The molecule has 1 aliphatic carbocycles. The zero-order chi connectivity index (χ0) is 11.2. The Labute approximate surface area is 98.7 Å². The van der Waals surface area contributed by atoms with Gasteiger partial charge in [-0.15, -0.1) is 10.2 Å². The Balaban J connectivity index is 1.67. The van der Waals surface area contributed by atoms with Crippen molar-refractivity contribution in [3.05, 3.63) is 5.51 Å². The number of hydrogen-bond donors (Lipinski definition) is 2. The van der Waals surface area contributed by atoms with E-state index in [-0.39, 0.29) is 6.03 Å².